The molecule has 0 rings (SSSR count). The fourth-order valence-electron chi connectivity index (χ4n) is 0.317. The number of primary amides is 1. The van der Waals surface area contributed by atoms with Gasteiger partial charge in [0.15, 0.2) is 0 Å². The number of amides is 4. The first kappa shape index (κ1) is 12.1. The predicted molar refractivity (Wildman–Crippen MR) is 31.8 cm³/mol. The summed E-state index contributed by atoms with van der Waals surface area (Å²) in [7, 11) is 0. The van der Waals surface area contributed by atoms with Crippen molar-refractivity contribution < 1.29 is 30.7 Å². The molecule has 4 amide bonds. The summed E-state index contributed by atoms with van der Waals surface area (Å²) in [4.78, 5) is 20.3. The van der Waals surface area contributed by atoms with E-state index in [9.17, 15) is 9.59 Å². The SMILES string of the molecule is CCNC(=O)NC(N)=O.[W]. The Bertz CT molecular complexity index is 128. The summed E-state index contributed by atoms with van der Waals surface area (Å²) in [6.07, 6.45) is 0. The van der Waals surface area contributed by atoms with Gasteiger partial charge in [0.25, 0.3) is 0 Å². The minimum atomic E-state index is -0.846. The maximum absolute atomic E-state index is 10.3. The van der Waals surface area contributed by atoms with E-state index >= 15 is 0 Å². The number of hydrogen-bond donors (Lipinski definition) is 3. The molecule has 0 heterocycles. The third kappa shape index (κ3) is 7.43. The quantitative estimate of drug-likeness (QED) is 0.603. The normalized spacial score (nSPS) is 7.30. The molecule has 0 radical (unpaired) electrons. The topological polar surface area (TPSA) is 84.2 Å². The second-order valence-electron chi connectivity index (χ2n) is 1.35. The Hall–Kier alpha value is -0.572. The van der Waals surface area contributed by atoms with Gasteiger partial charge < -0.3 is 11.1 Å². The zero-order valence-corrected chi connectivity index (χ0v) is 8.44. The molecule has 5 nitrogen and oxygen atoms in total. The number of hydrogen-bond acceptors (Lipinski definition) is 2. The molecule has 6 heteroatoms. The van der Waals surface area contributed by atoms with Crippen LogP contribution in [-0.2, 0) is 21.1 Å². The van der Waals surface area contributed by atoms with Crippen LogP contribution >= 0.6 is 0 Å². The molecule has 0 atom stereocenters. The fraction of sp³-hybridized carbons (Fsp3) is 0.500. The summed E-state index contributed by atoms with van der Waals surface area (Å²) in [5.74, 6) is 0. The molecule has 10 heavy (non-hydrogen) atoms. The second-order valence-corrected chi connectivity index (χ2v) is 1.35. The Morgan fingerprint density at radius 1 is 1.50 bits per heavy atom. The van der Waals surface area contributed by atoms with Gasteiger partial charge in [0.05, 0.1) is 0 Å². The van der Waals surface area contributed by atoms with Gasteiger partial charge >= 0.3 is 12.1 Å². The molecule has 0 unspecified atom stereocenters. The number of nitrogens with two attached hydrogens (primary N) is 1. The maximum atomic E-state index is 10.3. The van der Waals surface area contributed by atoms with Crippen LogP contribution in [0.25, 0.3) is 0 Å². The summed E-state index contributed by atoms with van der Waals surface area (Å²) in [6.45, 7) is 2.21. The van der Waals surface area contributed by atoms with Crippen molar-refractivity contribution in [1.82, 2.24) is 10.6 Å². The maximum Gasteiger partial charge on any atom is 0.322 e. The number of carbonyl (C=O) groups excluding carboxylic acids is 2. The summed E-state index contributed by atoms with van der Waals surface area (Å²) >= 11 is 0. The van der Waals surface area contributed by atoms with Crippen molar-refractivity contribution in [2.45, 2.75) is 6.92 Å². The van der Waals surface area contributed by atoms with E-state index in [0.717, 1.165) is 0 Å². The number of nitrogens with one attached hydrogen (secondary N) is 2. The van der Waals surface area contributed by atoms with Crippen molar-refractivity contribution in [3.05, 3.63) is 0 Å². The van der Waals surface area contributed by atoms with E-state index in [4.69, 9.17) is 0 Å². The molecule has 0 aliphatic heterocycles. The van der Waals surface area contributed by atoms with E-state index in [0.29, 0.717) is 6.54 Å². The van der Waals surface area contributed by atoms with E-state index in [1.807, 2.05) is 5.32 Å². The third-order valence-corrected chi connectivity index (χ3v) is 0.574. The van der Waals surface area contributed by atoms with Crippen molar-refractivity contribution in [2.75, 3.05) is 6.54 Å². The van der Waals surface area contributed by atoms with Crippen molar-refractivity contribution in [3.8, 4) is 0 Å². The molecular weight excluding hydrogens is 306 g/mol. The Kier molecular flexibility index (Phi) is 7.95. The van der Waals surface area contributed by atoms with Gasteiger partial charge in [-0.05, 0) is 6.92 Å². The molecule has 0 saturated carbocycles. The second kappa shape index (κ2) is 6.55. The molecule has 0 aromatic heterocycles. The van der Waals surface area contributed by atoms with E-state index in [2.05, 4.69) is 11.1 Å². The molecule has 0 aliphatic carbocycles. The van der Waals surface area contributed by atoms with Crippen molar-refractivity contribution in [2.24, 2.45) is 5.73 Å². The average Bonchev–Trinajstić information content (AvgIpc) is 1.63. The molecule has 0 aliphatic rings. The van der Waals surface area contributed by atoms with E-state index in [1.54, 1.807) is 6.92 Å². The first-order chi connectivity index (χ1) is 4.16. The summed E-state index contributed by atoms with van der Waals surface area (Å²) < 4.78 is 0. The molecule has 0 spiro atoms. The molecule has 0 aromatic rings. The first-order valence-electron chi connectivity index (χ1n) is 2.51. The van der Waals surface area contributed by atoms with Crippen LogP contribution in [0.15, 0.2) is 0 Å². The summed E-state index contributed by atoms with van der Waals surface area (Å²) in [5, 5.41) is 4.16. The largest absolute Gasteiger partial charge is 0.351 e. The Morgan fingerprint density at radius 2 is 2.00 bits per heavy atom. The van der Waals surface area contributed by atoms with Gasteiger partial charge in [0.2, 0.25) is 0 Å². The molecular formula is C4H9N3O2W. The van der Waals surface area contributed by atoms with Gasteiger partial charge in [-0.3, -0.25) is 5.32 Å². The van der Waals surface area contributed by atoms with Crippen molar-refractivity contribution in [1.29, 1.82) is 0 Å². The van der Waals surface area contributed by atoms with Crippen molar-refractivity contribution >= 4 is 12.1 Å². The number of rotatable bonds is 1. The molecule has 58 valence electrons. The van der Waals surface area contributed by atoms with Crippen LogP contribution in [-0.4, -0.2) is 18.6 Å². The van der Waals surface area contributed by atoms with Crippen LogP contribution in [0.5, 0.6) is 0 Å². The van der Waals surface area contributed by atoms with Crippen LogP contribution in [0.2, 0.25) is 0 Å². The Morgan fingerprint density at radius 3 is 2.30 bits per heavy atom. The average molecular weight is 315 g/mol. The van der Waals surface area contributed by atoms with Gasteiger partial charge in [-0.2, -0.15) is 0 Å². The number of urea groups is 2. The number of carbonyl (C=O) groups is 2. The molecule has 0 aromatic carbocycles. The van der Waals surface area contributed by atoms with Gasteiger partial charge in [-0.1, -0.05) is 0 Å². The van der Waals surface area contributed by atoms with Crippen LogP contribution in [0.4, 0.5) is 9.59 Å². The third-order valence-electron chi connectivity index (χ3n) is 0.574. The Balaban J connectivity index is 0. The van der Waals surface area contributed by atoms with E-state index in [-0.39, 0.29) is 21.1 Å². The standard InChI is InChI=1S/C4H9N3O2.W/c1-2-6-4(9)7-3(5)8;/h2H2,1H3,(H4,5,6,7,8,9);. The van der Waals surface area contributed by atoms with Gasteiger partial charge in [0, 0.05) is 27.6 Å². The smallest absolute Gasteiger partial charge is 0.322 e. The van der Waals surface area contributed by atoms with Crippen molar-refractivity contribution in [3.63, 3.8) is 0 Å². The Labute approximate surface area is 73.0 Å². The van der Waals surface area contributed by atoms with Crippen LogP contribution in [0.1, 0.15) is 6.92 Å². The molecule has 0 bridgehead atoms. The van der Waals surface area contributed by atoms with Crippen LogP contribution < -0.4 is 16.4 Å². The van der Waals surface area contributed by atoms with Crippen LogP contribution in [0.3, 0.4) is 0 Å². The van der Waals surface area contributed by atoms with Gasteiger partial charge in [-0.25, -0.2) is 9.59 Å². The summed E-state index contributed by atoms with van der Waals surface area (Å²) in [6, 6.07) is -1.41. The minimum absolute atomic E-state index is 0. The number of imide groups is 1. The first-order valence-corrected chi connectivity index (χ1v) is 2.51. The minimum Gasteiger partial charge on any atom is -0.351 e. The predicted octanol–water partition coefficient (Wildman–Crippen LogP) is -0.618. The molecule has 0 saturated heterocycles. The molecule has 0 fully saturated rings. The summed E-state index contributed by atoms with van der Waals surface area (Å²) in [5.41, 5.74) is 4.61. The fourth-order valence-corrected chi connectivity index (χ4v) is 0.317. The van der Waals surface area contributed by atoms with Crippen LogP contribution in [0, 0.1) is 0 Å². The monoisotopic (exact) mass is 315 g/mol. The molecule has 4 N–H and O–H groups in total. The van der Waals surface area contributed by atoms with E-state index < -0.39 is 12.1 Å². The van der Waals surface area contributed by atoms with Gasteiger partial charge in [-0.15, -0.1) is 0 Å². The zero-order valence-electron chi connectivity index (χ0n) is 5.51. The zero-order chi connectivity index (χ0) is 7.28. The van der Waals surface area contributed by atoms with E-state index in [1.165, 1.54) is 0 Å². The van der Waals surface area contributed by atoms with Gasteiger partial charge in [0.1, 0.15) is 0 Å².